The second kappa shape index (κ2) is 8.67. The van der Waals surface area contributed by atoms with Crippen molar-refractivity contribution in [3.8, 4) is 0 Å². The summed E-state index contributed by atoms with van der Waals surface area (Å²) < 4.78 is 15.4. The predicted octanol–water partition coefficient (Wildman–Crippen LogP) is 4.07. The van der Waals surface area contributed by atoms with Crippen molar-refractivity contribution in [3.63, 3.8) is 0 Å². The molecule has 2 atom stereocenters. The van der Waals surface area contributed by atoms with E-state index in [0.29, 0.717) is 18.4 Å². The Morgan fingerprint density at radius 2 is 2.15 bits per heavy atom. The molecule has 1 fully saturated rings. The summed E-state index contributed by atoms with van der Waals surface area (Å²) in [5, 5.41) is 0. The van der Waals surface area contributed by atoms with Gasteiger partial charge in [0.2, 0.25) is 0 Å². The number of hydrogen-bond acceptors (Lipinski definition) is 4. The van der Waals surface area contributed by atoms with E-state index < -0.39 is 6.16 Å². The van der Waals surface area contributed by atoms with E-state index >= 15 is 0 Å². The molecule has 1 saturated heterocycles. The molecule has 0 aromatic heterocycles. The summed E-state index contributed by atoms with van der Waals surface area (Å²) in [5.74, 6) is 2.20. The molecule has 1 aliphatic heterocycles. The van der Waals surface area contributed by atoms with Gasteiger partial charge in [-0.2, -0.15) is 0 Å². The smallest absolute Gasteiger partial charge is 0.494 e. The third kappa shape index (κ3) is 5.27. The predicted molar refractivity (Wildman–Crippen MR) is 78.3 cm³/mol. The van der Waals surface area contributed by atoms with Gasteiger partial charge in [-0.3, -0.25) is 0 Å². The number of cyclic esters (lactones) is 2. The van der Waals surface area contributed by atoms with E-state index in [1.165, 1.54) is 0 Å². The average Bonchev–Trinajstić information content (AvgIpc) is 2.72. The lowest BCUT2D eigenvalue weighted by Crippen LogP contribution is -2.19. The summed E-state index contributed by atoms with van der Waals surface area (Å²) in [7, 11) is 0. The SMILES string of the molecule is CC.CC(C)C1CC=CC=C(OCC2COC(=O)O2)C1. The molecule has 0 amide bonds. The Hall–Kier alpha value is -1.45. The van der Waals surface area contributed by atoms with Crippen molar-refractivity contribution >= 4 is 6.16 Å². The van der Waals surface area contributed by atoms with Crippen LogP contribution in [0.2, 0.25) is 0 Å². The Morgan fingerprint density at radius 1 is 1.40 bits per heavy atom. The van der Waals surface area contributed by atoms with E-state index in [1.54, 1.807) is 0 Å². The highest BCUT2D eigenvalue weighted by molar-refractivity contribution is 5.61. The van der Waals surface area contributed by atoms with Crippen molar-refractivity contribution in [2.24, 2.45) is 11.8 Å². The van der Waals surface area contributed by atoms with Gasteiger partial charge in [0.1, 0.15) is 13.2 Å². The maximum Gasteiger partial charge on any atom is 0.508 e. The summed E-state index contributed by atoms with van der Waals surface area (Å²) >= 11 is 0. The molecule has 0 N–H and O–H groups in total. The molecule has 4 nitrogen and oxygen atoms in total. The van der Waals surface area contributed by atoms with Gasteiger partial charge in [0.15, 0.2) is 6.10 Å². The Morgan fingerprint density at radius 3 is 2.75 bits per heavy atom. The van der Waals surface area contributed by atoms with Crippen molar-refractivity contribution < 1.29 is 19.0 Å². The molecule has 2 unspecified atom stereocenters. The summed E-state index contributed by atoms with van der Waals surface area (Å²) in [6.07, 6.45) is 7.37. The van der Waals surface area contributed by atoms with Crippen molar-refractivity contribution in [2.75, 3.05) is 13.2 Å². The number of carbonyl (C=O) groups excluding carboxylic acids is 1. The molecule has 0 spiro atoms. The number of carbonyl (C=O) groups is 1. The molecule has 0 bridgehead atoms. The zero-order chi connectivity index (χ0) is 15.0. The third-order valence-corrected chi connectivity index (χ3v) is 3.37. The molecular formula is C16H26O4. The zero-order valence-corrected chi connectivity index (χ0v) is 12.9. The highest BCUT2D eigenvalue weighted by atomic mass is 16.8. The van der Waals surface area contributed by atoms with E-state index in [1.807, 2.05) is 26.0 Å². The van der Waals surface area contributed by atoms with Crippen LogP contribution in [0.25, 0.3) is 0 Å². The first-order valence-corrected chi connectivity index (χ1v) is 7.47. The molecule has 0 saturated carbocycles. The lowest BCUT2D eigenvalue weighted by atomic mass is 9.89. The van der Waals surface area contributed by atoms with Crippen LogP contribution in [0.5, 0.6) is 0 Å². The first-order valence-electron chi connectivity index (χ1n) is 7.47. The Balaban J connectivity index is 0.000000956. The van der Waals surface area contributed by atoms with Gasteiger partial charge in [-0.1, -0.05) is 39.8 Å². The van der Waals surface area contributed by atoms with Gasteiger partial charge in [0.05, 0.1) is 5.76 Å². The molecule has 0 aromatic rings. The first kappa shape index (κ1) is 16.6. The Bertz CT molecular complexity index is 357. The van der Waals surface area contributed by atoms with Crippen molar-refractivity contribution in [2.45, 2.75) is 46.6 Å². The monoisotopic (exact) mass is 282 g/mol. The van der Waals surface area contributed by atoms with Crippen LogP contribution in [-0.2, 0) is 14.2 Å². The van der Waals surface area contributed by atoms with E-state index in [-0.39, 0.29) is 12.7 Å². The molecule has 20 heavy (non-hydrogen) atoms. The minimum absolute atomic E-state index is 0.275. The first-order chi connectivity index (χ1) is 9.65. The van der Waals surface area contributed by atoms with Gasteiger partial charge in [0.25, 0.3) is 0 Å². The molecule has 2 aliphatic rings. The van der Waals surface area contributed by atoms with Crippen molar-refractivity contribution in [1.82, 2.24) is 0 Å². The number of allylic oxidation sites excluding steroid dienone is 4. The standard InChI is InChI=1S/C14H20O4.C2H6/c1-10(2)11-5-3-4-6-12(7-11)16-8-13-9-17-14(15)18-13;1-2/h3-4,6,10-11,13H,5,7-9H2,1-2H3;1-2H3. The van der Waals surface area contributed by atoms with Crippen LogP contribution in [0.15, 0.2) is 24.0 Å². The van der Waals surface area contributed by atoms with Gasteiger partial charge in [-0.05, 0) is 24.3 Å². The molecule has 2 rings (SSSR count). The molecule has 0 radical (unpaired) electrons. The van der Waals surface area contributed by atoms with Crippen LogP contribution in [0.3, 0.4) is 0 Å². The maximum absolute atomic E-state index is 10.8. The van der Waals surface area contributed by atoms with Crippen LogP contribution in [0.4, 0.5) is 4.79 Å². The summed E-state index contributed by atoms with van der Waals surface area (Å²) in [4.78, 5) is 10.8. The van der Waals surface area contributed by atoms with E-state index in [0.717, 1.165) is 18.6 Å². The molecule has 1 heterocycles. The quantitative estimate of drug-likeness (QED) is 0.729. The minimum Gasteiger partial charge on any atom is -0.494 e. The van der Waals surface area contributed by atoms with Gasteiger partial charge in [0, 0.05) is 6.42 Å². The van der Waals surface area contributed by atoms with E-state index in [4.69, 9.17) is 14.2 Å². The Kier molecular flexibility index (Phi) is 7.20. The fourth-order valence-corrected chi connectivity index (χ4v) is 2.10. The summed E-state index contributed by atoms with van der Waals surface area (Å²) in [5.41, 5.74) is 0. The highest BCUT2D eigenvalue weighted by Crippen LogP contribution is 2.27. The van der Waals surface area contributed by atoms with Crippen molar-refractivity contribution in [1.29, 1.82) is 0 Å². The van der Waals surface area contributed by atoms with Crippen LogP contribution in [0.1, 0.15) is 40.5 Å². The van der Waals surface area contributed by atoms with Crippen LogP contribution >= 0.6 is 0 Å². The number of hydrogen-bond donors (Lipinski definition) is 0. The largest absolute Gasteiger partial charge is 0.508 e. The molecule has 0 aromatic carbocycles. The molecule has 1 aliphatic carbocycles. The van der Waals surface area contributed by atoms with Gasteiger partial charge >= 0.3 is 6.16 Å². The van der Waals surface area contributed by atoms with Crippen LogP contribution in [0, 0.1) is 11.8 Å². The lowest BCUT2D eigenvalue weighted by Gasteiger charge is -2.20. The fraction of sp³-hybridized carbons (Fsp3) is 0.688. The van der Waals surface area contributed by atoms with Crippen LogP contribution < -0.4 is 0 Å². The third-order valence-electron chi connectivity index (χ3n) is 3.37. The van der Waals surface area contributed by atoms with E-state index in [2.05, 4.69) is 19.9 Å². The van der Waals surface area contributed by atoms with Crippen molar-refractivity contribution in [3.05, 3.63) is 24.0 Å². The van der Waals surface area contributed by atoms with Gasteiger partial charge in [-0.15, -0.1) is 0 Å². The van der Waals surface area contributed by atoms with Gasteiger partial charge in [-0.25, -0.2) is 4.79 Å². The fourth-order valence-electron chi connectivity index (χ4n) is 2.10. The second-order valence-electron chi connectivity index (χ2n) is 5.12. The minimum atomic E-state index is -0.599. The molecule has 4 heteroatoms. The summed E-state index contributed by atoms with van der Waals surface area (Å²) in [6, 6.07) is 0. The second-order valence-corrected chi connectivity index (χ2v) is 5.12. The maximum atomic E-state index is 10.8. The molecule has 114 valence electrons. The zero-order valence-electron chi connectivity index (χ0n) is 12.9. The Labute approximate surface area is 121 Å². The number of rotatable bonds is 4. The number of ether oxygens (including phenoxy) is 3. The lowest BCUT2D eigenvalue weighted by molar-refractivity contribution is 0.0707. The normalized spacial score (nSPS) is 25.1. The van der Waals surface area contributed by atoms with Gasteiger partial charge < -0.3 is 14.2 Å². The molecular weight excluding hydrogens is 256 g/mol. The average molecular weight is 282 g/mol. The van der Waals surface area contributed by atoms with E-state index in [9.17, 15) is 4.79 Å². The highest BCUT2D eigenvalue weighted by Gasteiger charge is 2.26. The topological polar surface area (TPSA) is 44.8 Å². The van der Waals surface area contributed by atoms with Crippen LogP contribution in [-0.4, -0.2) is 25.5 Å². The summed E-state index contributed by atoms with van der Waals surface area (Å²) in [6.45, 7) is 9.12.